The van der Waals surface area contributed by atoms with Gasteiger partial charge in [-0.25, -0.2) is 4.79 Å². The number of ether oxygens (including phenoxy) is 1. The van der Waals surface area contributed by atoms with Crippen molar-refractivity contribution in [3.05, 3.63) is 53.0 Å². The van der Waals surface area contributed by atoms with E-state index >= 15 is 0 Å². The van der Waals surface area contributed by atoms with Gasteiger partial charge in [0.05, 0.1) is 0 Å². The van der Waals surface area contributed by atoms with E-state index in [9.17, 15) is 4.79 Å². The largest absolute Gasteiger partial charge is 0.479 e. The lowest BCUT2D eigenvalue weighted by Gasteiger charge is -2.10. The third-order valence-electron chi connectivity index (χ3n) is 2.69. The maximum atomic E-state index is 10.7. The Bertz CT molecular complexity index is 561. The monoisotopic (exact) mass is 320 g/mol. The predicted octanol–water partition coefficient (Wildman–Crippen LogP) is 3.97. The smallest absolute Gasteiger partial charge is 0.344 e. The van der Waals surface area contributed by atoms with Gasteiger partial charge in [-0.1, -0.05) is 40.2 Å². The number of hydrogen-bond acceptors (Lipinski definition) is 2. The van der Waals surface area contributed by atoms with E-state index in [4.69, 9.17) is 9.84 Å². The van der Waals surface area contributed by atoms with Crippen molar-refractivity contribution in [2.75, 3.05) is 0 Å². The number of rotatable bonds is 4. The number of carboxylic acid groups (broad SMARTS) is 1. The van der Waals surface area contributed by atoms with Crippen LogP contribution in [0.25, 0.3) is 11.1 Å². The fraction of sp³-hybridized carbons (Fsp3) is 0.133. The number of carboxylic acids is 1. The van der Waals surface area contributed by atoms with Crippen LogP contribution in [0, 0.1) is 0 Å². The summed E-state index contributed by atoms with van der Waals surface area (Å²) < 4.78 is 6.31. The van der Waals surface area contributed by atoms with Crippen LogP contribution in [0.4, 0.5) is 0 Å². The first-order valence-corrected chi connectivity index (χ1v) is 6.61. The van der Waals surface area contributed by atoms with Crippen molar-refractivity contribution in [3.63, 3.8) is 0 Å². The molecule has 98 valence electrons. The number of hydrogen-bond donors (Lipinski definition) is 1. The van der Waals surface area contributed by atoms with Crippen LogP contribution in [0.3, 0.4) is 0 Å². The van der Waals surface area contributed by atoms with E-state index < -0.39 is 12.1 Å². The predicted molar refractivity (Wildman–Crippen MR) is 77.3 cm³/mol. The Balaban J connectivity index is 2.14. The molecule has 0 aliphatic carbocycles. The Hall–Kier alpha value is -1.81. The minimum absolute atomic E-state index is 0.552. The second kappa shape index (κ2) is 5.89. The molecule has 0 unspecified atom stereocenters. The highest BCUT2D eigenvalue weighted by Crippen LogP contribution is 2.24. The number of benzene rings is 2. The molecule has 0 spiro atoms. The van der Waals surface area contributed by atoms with Gasteiger partial charge in [0.15, 0.2) is 6.10 Å². The van der Waals surface area contributed by atoms with Crippen LogP contribution in [0.15, 0.2) is 53.0 Å². The molecule has 0 radical (unpaired) electrons. The summed E-state index contributed by atoms with van der Waals surface area (Å²) in [6, 6.07) is 15.4. The summed E-state index contributed by atoms with van der Waals surface area (Å²) in [5.41, 5.74) is 2.16. The van der Waals surface area contributed by atoms with Crippen molar-refractivity contribution in [2.45, 2.75) is 13.0 Å². The topological polar surface area (TPSA) is 46.5 Å². The van der Waals surface area contributed by atoms with Crippen LogP contribution in [-0.4, -0.2) is 17.2 Å². The lowest BCUT2D eigenvalue weighted by atomic mass is 10.1. The lowest BCUT2D eigenvalue weighted by molar-refractivity contribution is -0.144. The van der Waals surface area contributed by atoms with Gasteiger partial charge in [0.2, 0.25) is 0 Å². The molecule has 0 saturated heterocycles. The first kappa shape index (κ1) is 13.6. The van der Waals surface area contributed by atoms with E-state index in [0.717, 1.165) is 15.6 Å². The summed E-state index contributed by atoms with van der Waals surface area (Å²) in [5.74, 6) is -0.423. The Morgan fingerprint density at radius 2 is 1.53 bits per heavy atom. The van der Waals surface area contributed by atoms with Crippen molar-refractivity contribution in [3.8, 4) is 16.9 Å². The minimum Gasteiger partial charge on any atom is -0.479 e. The molecule has 2 rings (SSSR count). The van der Waals surface area contributed by atoms with Crippen molar-refractivity contribution in [2.24, 2.45) is 0 Å². The van der Waals surface area contributed by atoms with Gasteiger partial charge >= 0.3 is 5.97 Å². The molecule has 0 fully saturated rings. The molecule has 2 aromatic carbocycles. The number of carbonyl (C=O) groups is 1. The van der Waals surface area contributed by atoms with Crippen LogP contribution in [-0.2, 0) is 4.79 Å². The second-order valence-corrected chi connectivity index (χ2v) is 5.05. The molecular formula is C15H13BrO3. The van der Waals surface area contributed by atoms with Gasteiger partial charge in [-0.05, 0) is 42.3 Å². The fourth-order valence-corrected chi connectivity index (χ4v) is 1.89. The molecule has 4 heteroatoms. The number of aliphatic carboxylic acids is 1. The van der Waals surface area contributed by atoms with Crippen LogP contribution in [0.1, 0.15) is 6.92 Å². The summed E-state index contributed by atoms with van der Waals surface area (Å²) in [6.07, 6.45) is -0.849. The Morgan fingerprint density at radius 1 is 1.05 bits per heavy atom. The van der Waals surface area contributed by atoms with Crippen molar-refractivity contribution in [1.82, 2.24) is 0 Å². The Kier molecular flexibility index (Phi) is 4.22. The maximum Gasteiger partial charge on any atom is 0.344 e. The third kappa shape index (κ3) is 3.58. The maximum absolute atomic E-state index is 10.7. The number of halogens is 1. The minimum atomic E-state index is -0.975. The van der Waals surface area contributed by atoms with E-state index in [0.29, 0.717) is 5.75 Å². The Labute approximate surface area is 120 Å². The molecule has 0 heterocycles. The van der Waals surface area contributed by atoms with Crippen molar-refractivity contribution < 1.29 is 14.6 Å². The standard InChI is InChI=1S/C15H13BrO3/c1-10(15(17)18)19-14-8-4-12(5-9-14)11-2-6-13(16)7-3-11/h2-10H,1H3,(H,17,18)/t10-/m1/s1. The first-order valence-electron chi connectivity index (χ1n) is 5.82. The highest BCUT2D eigenvalue weighted by molar-refractivity contribution is 9.10. The molecule has 0 aromatic heterocycles. The highest BCUT2D eigenvalue weighted by Gasteiger charge is 2.12. The molecule has 1 atom stereocenters. The molecular weight excluding hydrogens is 308 g/mol. The van der Waals surface area contributed by atoms with Crippen LogP contribution in [0.5, 0.6) is 5.75 Å². The van der Waals surface area contributed by atoms with E-state index in [1.54, 1.807) is 12.1 Å². The Morgan fingerprint density at radius 3 is 2.00 bits per heavy atom. The van der Waals surface area contributed by atoms with Gasteiger partial charge in [0.1, 0.15) is 5.75 Å². The molecule has 0 amide bonds. The fourth-order valence-electron chi connectivity index (χ4n) is 1.62. The average molecular weight is 321 g/mol. The zero-order valence-electron chi connectivity index (χ0n) is 10.3. The summed E-state index contributed by atoms with van der Waals surface area (Å²) in [4.78, 5) is 10.7. The molecule has 0 saturated carbocycles. The van der Waals surface area contributed by atoms with Gasteiger partial charge in [0.25, 0.3) is 0 Å². The van der Waals surface area contributed by atoms with Crippen LogP contribution >= 0.6 is 15.9 Å². The zero-order chi connectivity index (χ0) is 13.8. The lowest BCUT2D eigenvalue weighted by Crippen LogP contribution is -2.22. The van der Waals surface area contributed by atoms with Gasteiger partial charge < -0.3 is 9.84 Å². The van der Waals surface area contributed by atoms with Gasteiger partial charge in [-0.2, -0.15) is 0 Å². The van der Waals surface area contributed by atoms with E-state index in [-0.39, 0.29) is 0 Å². The van der Waals surface area contributed by atoms with E-state index in [1.807, 2.05) is 36.4 Å². The van der Waals surface area contributed by atoms with Crippen molar-refractivity contribution >= 4 is 21.9 Å². The summed E-state index contributed by atoms with van der Waals surface area (Å²) in [7, 11) is 0. The van der Waals surface area contributed by atoms with Crippen LogP contribution < -0.4 is 4.74 Å². The summed E-state index contributed by atoms with van der Waals surface area (Å²) >= 11 is 3.39. The molecule has 1 N–H and O–H groups in total. The average Bonchev–Trinajstić information content (AvgIpc) is 2.40. The third-order valence-corrected chi connectivity index (χ3v) is 3.22. The SMILES string of the molecule is C[C@@H](Oc1ccc(-c2ccc(Br)cc2)cc1)C(=O)O. The second-order valence-electron chi connectivity index (χ2n) is 4.13. The van der Waals surface area contributed by atoms with E-state index in [1.165, 1.54) is 6.92 Å². The van der Waals surface area contributed by atoms with Gasteiger partial charge in [0, 0.05) is 4.47 Å². The summed E-state index contributed by atoms with van der Waals surface area (Å²) in [5, 5.41) is 8.77. The molecule has 0 aliphatic heterocycles. The normalized spacial score (nSPS) is 11.9. The molecule has 2 aromatic rings. The van der Waals surface area contributed by atoms with E-state index in [2.05, 4.69) is 15.9 Å². The molecule has 19 heavy (non-hydrogen) atoms. The molecule has 0 bridgehead atoms. The van der Waals surface area contributed by atoms with Crippen molar-refractivity contribution in [1.29, 1.82) is 0 Å². The quantitative estimate of drug-likeness (QED) is 0.927. The van der Waals surface area contributed by atoms with Gasteiger partial charge in [-0.15, -0.1) is 0 Å². The van der Waals surface area contributed by atoms with Crippen LogP contribution in [0.2, 0.25) is 0 Å². The summed E-state index contributed by atoms with van der Waals surface area (Å²) in [6.45, 7) is 1.50. The first-order chi connectivity index (χ1) is 9.06. The molecule has 3 nitrogen and oxygen atoms in total. The zero-order valence-corrected chi connectivity index (χ0v) is 11.9. The highest BCUT2D eigenvalue weighted by atomic mass is 79.9. The van der Waals surface area contributed by atoms with Gasteiger partial charge in [-0.3, -0.25) is 0 Å². The molecule has 0 aliphatic rings.